The molecule has 1 rings (SSSR count). The van der Waals surface area contributed by atoms with E-state index in [9.17, 15) is 19.5 Å². The van der Waals surface area contributed by atoms with E-state index < -0.39 is 31.3 Å². The van der Waals surface area contributed by atoms with Gasteiger partial charge in [-0.05, 0) is 31.0 Å². The monoisotopic (exact) mass is 354 g/mol. The second kappa shape index (κ2) is 11.2. The predicted octanol–water partition coefficient (Wildman–Crippen LogP) is 0.583. The van der Waals surface area contributed by atoms with E-state index in [-0.39, 0.29) is 37.6 Å². The Kier molecular flexibility index (Phi) is 9.20. The molecule has 1 aromatic rings. The van der Waals surface area contributed by atoms with Crippen molar-refractivity contribution >= 4 is 17.7 Å². The van der Waals surface area contributed by atoms with Crippen molar-refractivity contribution in [1.82, 2.24) is 0 Å². The molecule has 0 aliphatic carbocycles. The highest BCUT2D eigenvalue weighted by molar-refractivity contribution is 5.85. The zero-order chi connectivity index (χ0) is 18.7. The molecule has 0 amide bonds. The molecular formula is C17H22O8. The average molecular weight is 354 g/mol. The fourth-order valence-electron chi connectivity index (χ4n) is 2.11. The maximum absolute atomic E-state index is 12.1. The Hall–Kier alpha value is -2.45. The molecule has 0 aromatic heterocycles. The van der Waals surface area contributed by atoms with Gasteiger partial charge in [0.15, 0.2) is 12.6 Å². The normalized spacial score (nSPS) is 11.6. The van der Waals surface area contributed by atoms with Crippen LogP contribution in [0.15, 0.2) is 24.3 Å². The molecule has 25 heavy (non-hydrogen) atoms. The maximum atomic E-state index is 12.1. The summed E-state index contributed by atoms with van der Waals surface area (Å²) in [4.78, 5) is 35.0. The molecule has 138 valence electrons. The van der Waals surface area contributed by atoms with E-state index in [1.54, 1.807) is 19.1 Å². The number of carbonyl (C=O) groups excluding carboxylic acids is 3. The molecule has 0 aliphatic heterocycles. The van der Waals surface area contributed by atoms with Crippen molar-refractivity contribution < 1.29 is 38.8 Å². The first kappa shape index (κ1) is 20.6. The lowest BCUT2D eigenvalue weighted by Crippen LogP contribution is -2.25. The molecule has 0 saturated carbocycles. The smallest absolute Gasteiger partial charge is 0.334 e. The van der Waals surface area contributed by atoms with Crippen LogP contribution in [0.5, 0.6) is 5.75 Å². The number of hydrogen-bond donors (Lipinski definition) is 2. The molecule has 1 atom stereocenters. The largest absolute Gasteiger partial charge is 0.508 e. The topological polar surface area (TPSA) is 119 Å². The number of Topliss-reactive ketones (excluding diaryl/α,β-unsaturated/α-hetero) is 1. The quantitative estimate of drug-likeness (QED) is 0.437. The molecule has 1 aromatic carbocycles. The lowest BCUT2D eigenvalue weighted by Gasteiger charge is -2.15. The number of carbonyl (C=O) groups is 3. The van der Waals surface area contributed by atoms with Gasteiger partial charge >= 0.3 is 11.9 Å². The van der Waals surface area contributed by atoms with E-state index in [0.29, 0.717) is 0 Å². The van der Waals surface area contributed by atoms with Crippen LogP contribution in [0.25, 0.3) is 0 Å². The van der Waals surface area contributed by atoms with Crippen molar-refractivity contribution in [3.8, 4) is 5.75 Å². The van der Waals surface area contributed by atoms with Gasteiger partial charge in [0.2, 0.25) is 0 Å². The number of phenols is 1. The summed E-state index contributed by atoms with van der Waals surface area (Å²) in [5, 5.41) is 17.7. The van der Waals surface area contributed by atoms with Gasteiger partial charge in [0.05, 0.1) is 12.5 Å². The zero-order valence-corrected chi connectivity index (χ0v) is 14.0. The molecule has 8 heteroatoms. The van der Waals surface area contributed by atoms with Crippen molar-refractivity contribution in [3.05, 3.63) is 29.8 Å². The van der Waals surface area contributed by atoms with Gasteiger partial charge in [-0.25, -0.2) is 4.79 Å². The average Bonchev–Trinajstić information content (AvgIpc) is 2.56. The van der Waals surface area contributed by atoms with Crippen LogP contribution in [0.1, 0.15) is 18.9 Å². The molecule has 0 aliphatic rings. The number of phenolic OH excluding ortho intramolecular Hbond substituents is 1. The highest BCUT2D eigenvalue weighted by Crippen LogP contribution is 2.17. The molecule has 0 spiro atoms. The van der Waals surface area contributed by atoms with Crippen LogP contribution in [0.3, 0.4) is 0 Å². The van der Waals surface area contributed by atoms with Crippen LogP contribution < -0.4 is 0 Å². The summed E-state index contributed by atoms with van der Waals surface area (Å²) in [6.45, 7) is 0.296. The van der Waals surface area contributed by atoms with Gasteiger partial charge in [0.25, 0.3) is 0 Å². The van der Waals surface area contributed by atoms with Crippen molar-refractivity contribution in [2.75, 3.05) is 26.6 Å². The number of ketones is 1. The lowest BCUT2D eigenvalue weighted by atomic mass is 9.94. The van der Waals surface area contributed by atoms with Crippen molar-refractivity contribution in [1.29, 1.82) is 0 Å². The number of aromatic hydroxyl groups is 1. The fraction of sp³-hybridized carbons (Fsp3) is 0.471. The Bertz CT molecular complexity index is 567. The molecule has 2 N–H and O–H groups in total. The number of ether oxygens (including phenoxy) is 3. The second-order valence-electron chi connectivity index (χ2n) is 5.20. The third-order valence-electron chi connectivity index (χ3n) is 3.22. The van der Waals surface area contributed by atoms with Crippen molar-refractivity contribution in [2.45, 2.75) is 19.8 Å². The SMILES string of the molecule is CCOC(=O)C(CC(=O)COCC(=O)OCO)Cc1ccc(O)cc1. The fourth-order valence-corrected chi connectivity index (χ4v) is 2.11. The minimum Gasteiger partial charge on any atom is -0.508 e. The Balaban J connectivity index is 2.57. The minimum atomic E-state index is -0.790. The van der Waals surface area contributed by atoms with Crippen LogP contribution in [0.4, 0.5) is 0 Å². The number of aliphatic hydroxyl groups is 1. The van der Waals surface area contributed by atoms with Gasteiger partial charge in [0, 0.05) is 6.42 Å². The third kappa shape index (κ3) is 8.27. The molecule has 0 saturated heterocycles. The van der Waals surface area contributed by atoms with Gasteiger partial charge in [-0.15, -0.1) is 0 Å². The van der Waals surface area contributed by atoms with E-state index in [4.69, 9.17) is 14.6 Å². The summed E-state index contributed by atoms with van der Waals surface area (Å²) >= 11 is 0. The van der Waals surface area contributed by atoms with E-state index >= 15 is 0 Å². The number of aliphatic hydroxyl groups excluding tert-OH is 1. The third-order valence-corrected chi connectivity index (χ3v) is 3.22. The van der Waals surface area contributed by atoms with Crippen LogP contribution in [-0.4, -0.2) is 54.5 Å². The lowest BCUT2D eigenvalue weighted by molar-refractivity contribution is -0.158. The Morgan fingerprint density at radius 3 is 2.36 bits per heavy atom. The predicted molar refractivity (Wildman–Crippen MR) is 85.6 cm³/mol. The Morgan fingerprint density at radius 1 is 1.08 bits per heavy atom. The van der Waals surface area contributed by atoms with Gasteiger partial charge in [0.1, 0.15) is 19.0 Å². The molecule has 0 fully saturated rings. The molecule has 0 radical (unpaired) electrons. The summed E-state index contributed by atoms with van der Waals surface area (Å²) < 4.78 is 14.1. The maximum Gasteiger partial charge on any atom is 0.334 e. The summed E-state index contributed by atoms with van der Waals surface area (Å²) in [5.41, 5.74) is 0.774. The summed E-state index contributed by atoms with van der Waals surface area (Å²) in [6, 6.07) is 6.31. The summed E-state index contributed by atoms with van der Waals surface area (Å²) in [7, 11) is 0. The molecular weight excluding hydrogens is 332 g/mol. The van der Waals surface area contributed by atoms with E-state index in [1.165, 1.54) is 12.1 Å². The molecule has 0 bridgehead atoms. The van der Waals surface area contributed by atoms with E-state index in [2.05, 4.69) is 4.74 Å². The molecule has 0 heterocycles. The van der Waals surface area contributed by atoms with E-state index in [0.717, 1.165) is 5.56 Å². The van der Waals surface area contributed by atoms with Crippen molar-refractivity contribution in [3.63, 3.8) is 0 Å². The Morgan fingerprint density at radius 2 is 1.76 bits per heavy atom. The zero-order valence-electron chi connectivity index (χ0n) is 14.0. The highest BCUT2D eigenvalue weighted by atomic mass is 16.6. The molecule has 1 unspecified atom stereocenters. The van der Waals surface area contributed by atoms with Gasteiger partial charge in [-0.3, -0.25) is 9.59 Å². The van der Waals surface area contributed by atoms with E-state index in [1.807, 2.05) is 0 Å². The first-order valence-corrected chi connectivity index (χ1v) is 7.76. The van der Waals surface area contributed by atoms with Gasteiger partial charge < -0.3 is 24.4 Å². The number of esters is 2. The first-order valence-electron chi connectivity index (χ1n) is 7.76. The first-order chi connectivity index (χ1) is 12.0. The highest BCUT2D eigenvalue weighted by Gasteiger charge is 2.24. The summed E-state index contributed by atoms with van der Waals surface area (Å²) in [6.07, 6.45) is 0.173. The van der Waals surface area contributed by atoms with Gasteiger partial charge in [-0.1, -0.05) is 12.1 Å². The molecule has 8 nitrogen and oxygen atoms in total. The summed E-state index contributed by atoms with van der Waals surface area (Å²) in [5.74, 6) is -2.24. The van der Waals surface area contributed by atoms with Crippen LogP contribution in [-0.2, 0) is 35.0 Å². The van der Waals surface area contributed by atoms with Crippen LogP contribution in [0.2, 0.25) is 0 Å². The number of hydrogen-bond acceptors (Lipinski definition) is 8. The minimum absolute atomic E-state index is 0.102. The van der Waals surface area contributed by atoms with Crippen LogP contribution >= 0.6 is 0 Å². The standard InChI is InChI=1S/C17H22O8/c1-2-24-17(22)13(7-12-3-5-14(19)6-4-12)8-15(20)9-23-10-16(21)25-11-18/h3-6,13,18-19H,2,7-11H2,1H3. The number of benzene rings is 1. The number of rotatable bonds is 11. The van der Waals surface area contributed by atoms with Gasteiger partial charge in [-0.2, -0.15) is 0 Å². The Labute approximate surface area is 145 Å². The van der Waals surface area contributed by atoms with Crippen molar-refractivity contribution in [2.24, 2.45) is 5.92 Å². The van der Waals surface area contributed by atoms with Crippen LogP contribution in [0, 0.1) is 5.92 Å². The second-order valence-corrected chi connectivity index (χ2v) is 5.20.